The van der Waals surface area contributed by atoms with Crippen LogP contribution in [0.5, 0.6) is 5.75 Å². The molecule has 1 aliphatic carbocycles. The number of carbonyl (C=O) groups is 1. The van der Waals surface area contributed by atoms with E-state index in [1.54, 1.807) is 7.11 Å². The monoisotopic (exact) mass is 349 g/mol. The second kappa shape index (κ2) is 6.52. The smallest absolute Gasteiger partial charge is 0.338 e. The largest absolute Gasteiger partial charge is 0.497 e. The molecular formula is C22H23NO3. The number of hydrogen-bond donors (Lipinski definition) is 1. The van der Waals surface area contributed by atoms with Crippen molar-refractivity contribution in [3.8, 4) is 5.75 Å². The van der Waals surface area contributed by atoms with Gasteiger partial charge in [-0.25, -0.2) is 4.79 Å². The van der Waals surface area contributed by atoms with Crippen LogP contribution in [0, 0.1) is 12.8 Å². The van der Waals surface area contributed by atoms with Crippen molar-refractivity contribution in [2.75, 3.05) is 19.5 Å². The fourth-order valence-electron chi connectivity index (χ4n) is 4.31. The van der Waals surface area contributed by atoms with Gasteiger partial charge in [-0.15, -0.1) is 0 Å². The van der Waals surface area contributed by atoms with E-state index >= 15 is 0 Å². The normalized spacial score (nSPS) is 23.0. The summed E-state index contributed by atoms with van der Waals surface area (Å²) in [5.41, 5.74) is 5.07. The van der Waals surface area contributed by atoms with Crippen LogP contribution < -0.4 is 10.1 Å². The molecule has 4 rings (SSSR count). The summed E-state index contributed by atoms with van der Waals surface area (Å²) in [4.78, 5) is 12.1. The van der Waals surface area contributed by atoms with E-state index in [4.69, 9.17) is 9.47 Å². The molecule has 0 saturated carbocycles. The third-order valence-corrected chi connectivity index (χ3v) is 5.66. The lowest BCUT2D eigenvalue weighted by Gasteiger charge is -2.38. The zero-order valence-corrected chi connectivity index (χ0v) is 15.3. The number of rotatable bonds is 3. The number of ether oxygens (including phenoxy) is 2. The Morgan fingerprint density at radius 3 is 2.81 bits per heavy atom. The predicted octanol–water partition coefficient (Wildman–Crippen LogP) is 4.62. The molecule has 0 saturated heterocycles. The molecule has 0 radical (unpaired) electrons. The zero-order chi connectivity index (χ0) is 18.3. The van der Waals surface area contributed by atoms with Crippen LogP contribution in [0.2, 0.25) is 0 Å². The van der Waals surface area contributed by atoms with Crippen LogP contribution in [0.25, 0.3) is 0 Å². The predicted molar refractivity (Wildman–Crippen MR) is 102 cm³/mol. The van der Waals surface area contributed by atoms with Gasteiger partial charge in [-0.1, -0.05) is 30.4 Å². The molecule has 0 amide bonds. The van der Waals surface area contributed by atoms with E-state index < -0.39 is 0 Å². The summed E-state index contributed by atoms with van der Waals surface area (Å²) in [5, 5.41) is 3.72. The van der Waals surface area contributed by atoms with Crippen molar-refractivity contribution in [2.24, 2.45) is 5.92 Å². The molecule has 0 aromatic heterocycles. The first-order chi connectivity index (χ1) is 12.6. The van der Waals surface area contributed by atoms with Gasteiger partial charge < -0.3 is 14.8 Å². The van der Waals surface area contributed by atoms with Crippen LogP contribution in [0.1, 0.15) is 45.4 Å². The lowest BCUT2D eigenvalue weighted by atomic mass is 9.76. The van der Waals surface area contributed by atoms with Crippen LogP contribution in [0.3, 0.4) is 0 Å². The highest BCUT2D eigenvalue weighted by molar-refractivity contribution is 5.93. The minimum Gasteiger partial charge on any atom is -0.497 e. The van der Waals surface area contributed by atoms with Crippen LogP contribution in [-0.2, 0) is 4.74 Å². The average molecular weight is 349 g/mol. The highest BCUT2D eigenvalue weighted by Crippen LogP contribution is 2.51. The Labute approximate surface area is 153 Å². The molecule has 2 aromatic carbocycles. The third-order valence-electron chi connectivity index (χ3n) is 5.66. The summed E-state index contributed by atoms with van der Waals surface area (Å²) in [5.74, 6) is 1.37. The van der Waals surface area contributed by atoms with Crippen molar-refractivity contribution in [3.63, 3.8) is 0 Å². The number of esters is 1. The summed E-state index contributed by atoms with van der Waals surface area (Å²) in [6.45, 7) is 1.99. The van der Waals surface area contributed by atoms with Gasteiger partial charge in [0.2, 0.25) is 0 Å². The number of allylic oxidation sites excluding steroid dienone is 2. The van der Waals surface area contributed by atoms with Gasteiger partial charge in [0.05, 0.1) is 25.8 Å². The van der Waals surface area contributed by atoms with E-state index in [1.165, 1.54) is 18.2 Å². The fraction of sp³-hybridized carbons (Fsp3) is 0.318. The van der Waals surface area contributed by atoms with E-state index in [1.807, 2.05) is 25.1 Å². The van der Waals surface area contributed by atoms with Crippen molar-refractivity contribution < 1.29 is 14.3 Å². The third kappa shape index (κ3) is 2.57. The van der Waals surface area contributed by atoms with Crippen molar-refractivity contribution >= 4 is 11.7 Å². The molecule has 1 aliphatic heterocycles. The second-order valence-corrected chi connectivity index (χ2v) is 6.95. The first-order valence-electron chi connectivity index (χ1n) is 8.93. The summed E-state index contributed by atoms with van der Waals surface area (Å²) in [7, 11) is 3.11. The van der Waals surface area contributed by atoms with Crippen LogP contribution in [0.4, 0.5) is 5.69 Å². The number of nitrogens with one attached hydrogen (secondary N) is 1. The minimum atomic E-state index is -0.297. The molecule has 0 bridgehead atoms. The summed E-state index contributed by atoms with van der Waals surface area (Å²) >= 11 is 0. The Morgan fingerprint density at radius 1 is 1.19 bits per heavy atom. The van der Waals surface area contributed by atoms with Gasteiger partial charge in [-0.3, -0.25) is 0 Å². The van der Waals surface area contributed by atoms with Crippen LogP contribution in [0.15, 0.2) is 48.6 Å². The number of benzene rings is 2. The molecule has 0 unspecified atom stereocenters. The van der Waals surface area contributed by atoms with E-state index in [0.29, 0.717) is 17.4 Å². The minimum absolute atomic E-state index is 0.171. The topological polar surface area (TPSA) is 47.6 Å². The molecule has 1 N–H and O–H groups in total. The summed E-state index contributed by atoms with van der Waals surface area (Å²) < 4.78 is 10.4. The highest BCUT2D eigenvalue weighted by Gasteiger charge is 2.39. The molecular weight excluding hydrogens is 326 g/mol. The maximum Gasteiger partial charge on any atom is 0.338 e. The average Bonchev–Trinajstić information content (AvgIpc) is 3.17. The van der Waals surface area contributed by atoms with Gasteiger partial charge in [0.15, 0.2) is 0 Å². The summed E-state index contributed by atoms with van der Waals surface area (Å²) in [6, 6.07) is 12.3. The Morgan fingerprint density at radius 2 is 2.04 bits per heavy atom. The van der Waals surface area contributed by atoms with Gasteiger partial charge in [0, 0.05) is 11.6 Å². The lowest BCUT2D eigenvalue weighted by Crippen LogP contribution is -2.30. The molecule has 26 heavy (non-hydrogen) atoms. The van der Waals surface area contributed by atoms with E-state index in [-0.39, 0.29) is 12.0 Å². The van der Waals surface area contributed by atoms with Crippen LogP contribution >= 0.6 is 0 Å². The second-order valence-electron chi connectivity index (χ2n) is 6.95. The molecule has 3 atom stereocenters. The van der Waals surface area contributed by atoms with E-state index in [0.717, 1.165) is 23.4 Å². The maximum atomic E-state index is 12.1. The molecule has 4 heteroatoms. The van der Waals surface area contributed by atoms with Crippen LogP contribution in [-0.4, -0.2) is 20.2 Å². The molecule has 1 heterocycles. The lowest BCUT2D eigenvalue weighted by molar-refractivity contribution is 0.0600. The van der Waals surface area contributed by atoms with E-state index in [2.05, 4.69) is 35.7 Å². The maximum absolute atomic E-state index is 12.1. The van der Waals surface area contributed by atoms with Gasteiger partial charge in [0.1, 0.15) is 5.75 Å². The van der Waals surface area contributed by atoms with Gasteiger partial charge in [0.25, 0.3) is 0 Å². The van der Waals surface area contributed by atoms with Crippen molar-refractivity contribution in [1.29, 1.82) is 0 Å². The molecule has 4 nitrogen and oxygen atoms in total. The first-order valence-corrected chi connectivity index (χ1v) is 8.93. The standard InChI is InChI=1S/C22H23NO3/c1-13-16(22(24)26-3)10-11-19-17-8-5-9-18(17)21(23-20(13)19)14-6-4-7-15(12-14)25-2/h4-8,10-12,17-18,21,23H,9H2,1-3H3/t17-,18+,21+/m0/s1. The van der Waals surface area contributed by atoms with Crippen molar-refractivity contribution in [2.45, 2.75) is 25.3 Å². The Balaban J connectivity index is 1.81. The number of anilines is 1. The number of fused-ring (bicyclic) bond motifs is 3. The number of methoxy groups -OCH3 is 2. The SMILES string of the molecule is COC(=O)c1ccc2c(c1C)N[C@H](c1cccc(OC)c1)[C@@H]1CC=C[C@H]21. The number of hydrogen-bond acceptors (Lipinski definition) is 4. The molecule has 0 spiro atoms. The first kappa shape index (κ1) is 16.7. The Kier molecular flexibility index (Phi) is 4.19. The Hall–Kier alpha value is -2.75. The number of carbonyl (C=O) groups excluding carboxylic acids is 1. The van der Waals surface area contributed by atoms with E-state index in [9.17, 15) is 4.79 Å². The van der Waals surface area contributed by atoms with Gasteiger partial charge in [-0.2, -0.15) is 0 Å². The molecule has 2 aromatic rings. The summed E-state index contributed by atoms with van der Waals surface area (Å²) in [6.07, 6.45) is 5.61. The quantitative estimate of drug-likeness (QED) is 0.649. The highest BCUT2D eigenvalue weighted by atomic mass is 16.5. The molecule has 0 fully saturated rings. The van der Waals surface area contributed by atoms with Gasteiger partial charge >= 0.3 is 5.97 Å². The van der Waals surface area contributed by atoms with Crippen molar-refractivity contribution in [1.82, 2.24) is 0 Å². The molecule has 134 valence electrons. The fourth-order valence-corrected chi connectivity index (χ4v) is 4.31. The zero-order valence-electron chi connectivity index (χ0n) is 15.3. The van der Waals surface area contributed by atoms with Crippen molar-refractivity contribution in [3.05, 3.63) is 70.8 Å². The Bertz CT molecular complexity index is 887. The molecule has 2 aliphatic rings. The van der Waals surface area contributed by atoms with Gasteiger partial charge in [-0.05, 0) is 54.2 Å².